The molecule has 8 heteroatoms. The van der Waals surface area contributed by atoms with Gasteiger partial charge in [0.05, 0.1) is 12.5 Å². The molecule has 1 saturated heterocycles. The van der Waals surface area contributed by atoms with Crippen LogP contribution in [0.4, 0.5) is 0 Å². The van der Waals surface area contributed by atoms with Crippen LogP contribution in [0.5, 0.6) is 0 Å². The van der Waals surface area contributed by atoms with E-state index in [1.54, 1.807) is 6.33 Å². The second-order valence-electron chi connectivity index (χ2n) is 7.18. The number of amides is 1. The lowest BCUT2D eigenvalue weighted by atomic mass is 9.93. The lowest BCUT2D eigenvalue weighted by Gasteiger charge is -2.34. The third-order valence-corrected chi connectivity index (χ3v) is 5.67. The van der Waals surface area contributed by atoms with Crippen molar-refractivity contribution in [3.8, 4) is 0 Å². The number of carbonyl (C=O) groups is 1. The Morgan fingerprint density at radius 3 is 2.88 bits per heavy atom. The summed E-state index contributed by atoms with van der Waals surface area (Å²) in [6, 6.07) is 5.94. The largest absolute Gasteiger partial charge is 0.342 e. The van der Waals surface area contributed by atoms with E-state index in [2.05, 4.69) is 24.7 Å². The highest BCUT2D eigenvalue weighted by Gasteiger charge is 2.32. The molecule has 0 aliphatic carbocycles. The van der Waals surface area contributed by atoms with Gasteiger partial charge in [-0.25, -0.2) is 9.67 Å². The number of aromatic nitrogens is 6. The summed E-state index contributed by atoms with van der Waals surface area (Å²) in [4.78, 5) is 19.2. The maximum absolute atomic E-state index is 12.9. The van der Waals surface area contributed by atoms with Crippen LogP contribution in [0.25, 0.3) is 5.65 Å². The van der Waals surface area contributed by atoms with Crippen molar-refractivity contribution in [3.05, 3.63) is 42.4 Å². The third kappa shape index (κ3) is 2.56. The molecule has 2 aliphatic heterocycles. The summed E-state index contributed by atoms with van der Waals surface area (Å²) in [7, 11) is 0. The first-order chi connectivity index (χ1) is 12.8. The number of likely N-dealkylation sites (tertiary alicyclic amines) is 1. The van der Waals surface area contributed by atoms with Gasteiger partial charge >= 0.3 is 0 Å². The van der Waals surface area contributed by atoms with Crippen molar-refractivity contribution in [1.29, 1.82) is 0 Å². The van der Waals surface area contributed by atoms with Crippen molar-refractivity contribution in [3.63, 3.8) is 0 Å². The standard InChI is InChI=1S/C18H21N7O/c26-18(14-4-5-15-19-12-20-25(15)11-14)23-9-6-13(7-10-23)17-22-21-16-3-1-2-8-24(16)17/h1-3,8,12-14H,4-7,9-11H2. The normalized spacial score (nSPS) is 21.1. The molecule has 1 atom stereocenters. The van der Waals surface area contributed by atoms with E-state index in [9.17, 15) is 4.79 Å². The van der Waals surface area contributed by atoms with Gasteiger partial charge in [0.1, 0.15) is 18.0 Å². The number of hydrogen-bond acceptors (Lipinski definition) is 5. The van der Waals surface area contributed by atoms with Gasteiger partial charge in [0.25, 0.3) is 0 Å². The first-order valence-electron chi connectivity index (χ1n) is 9.25. The summed E-state index contributed by atoms with van der Waals surface area (Å²) in [5.74, 6) is 2.64. The topological polar surface area (TPSA) is 81.2 Å². The van der Waals surface area contributed by atoms with Gasteiger partial charge in [0, 0.05) is 31.6 Å². The Balaban J connectivity index is 1.25. The van der Waals surface area contributed by atoms with E-state index < -0.39 is 0 Å². The van der Waals surface area contributed by atoms with Crippen LogP contribution in [0.1, 0.15) is 36.8 Å². The minimum Gasteiger partial charge on any atom is -0.342 e. The maximum atomic E-state index is 12.9. The highest BCUT2D eigenvalue weighted by molar-refractivity contribution is 5.79. The molecule has 0 radical (unpaired) electrons. The molecule has 2 aliphatic rings. The van der Waals surface area contributed by atoms with Crippen molar-refractivity contribution in [2.75, 3.05) is 13.1 Å². The second-order valence-corrected chi connectivity index (χ2v) is 7.18. The average molecular weight is 351 g/mol. The molecule has 1 amide bonds. The molecule has 0 N–H and O–H groups in total. The molecule has 3 aromatic rings. The zero-order valence-electron chi connectivity index (χ0n) is 14.5. The Kier molecular flexibility index (Phi) is 3.69. The fraction of sp³-hybridized carbons (Fsp3) is 0.500. The molecular formula is C18H21N7O. The van der Waals surface area contributed by atoms with Crippen molar-refractivity contribution >= 4 is 11.6 Å². The van der Waals surface area contributed by atoms with E-state index in [1.807, 2.05) is 34.0 Å². The van der Waals surface area contributed by atoms with Gasteiger partial charge < -0.3 is 4.90 Å². The van der Waals surface area contributed by atoms with Crippen LogP contribution >= 0.6 is 0 Å². The summed E-state index contributed by atoms with van der Waals surface area (Å²) in [6.07, 6.45) is 7.16. The first-order valence-corrected chi connectivity index (χ1v) is 9.25. The van der Waals surface area contributed by atoms with E-state index in [0.29, 0.717) is 12.5 Å². The fourth-order valence-corrected chi connectivity index (χ4v) is 4.19. The number of piperidine rings is 1. The summed E-state index contributed by atoms with van der Waals surface area (Å²) >= 11 is 0. The number of carbonyl (C=O) groups excluding carboxylic acids is 1. The number of hydrogen-bond donors (Lipinski definition) is 0. The molecular weight excluding hydrogens is 330 g/mol. The van der Waals surface area contributed by atoms with Crippen molar-refractivity contribution in [1.82, 2.24) is 34.3 Å². The van der Waals surface area contributed by atoms with E-state index in [1.165, 1.54) is 0 Å². The molecule has 0 spiro atoms. The van der Waals surface area contributed by atoms with Gasteiger partial charge in [-0.2, -0.15) is 5.10 Å². The highest BCUT2D eigenvalue weighted by Crippen LogP contribution is 2.29. The van der Waals surface area contributed by atoms with Gasteiger partial charge in [0.15, 0.2) is 5.65 Å². The van der Waals surface area contributed by atoms with Gasteiger partial charge in [-0.3, -0.25) is 9.20 Å². The van der Waals surface area contributed by atoms with Gasteiger partial charge in [-0.05, 0) is 31.4 Å². The minimum absolute atomic E-state index is 0.0228. The number of aryl methyl sites for hydroxylation is 1. The van der Waals surface area contributed by atoms with Crippen LogP contribution < -0.4 is 0 Å². The van der Waals surface area contributed by atoms with Gasteiger partial charge in [-0.1, -0.05) is 6.07 Å². The monoisotopic (exact) mass is 351 g/mol. The van der Waals surface area contributed by atoms with Crippen LogP contribution in [-0.4, -0.2) is 53.3 Å². The van der Waals surface area contributed by atoms with Crippen molar-refractivity contribution in [2.45, 2.75) is 38.1 Å². The SMILES string of the molecule is O=C(C1CCc2ncnn2C1)N1CCC(c2nnc3ccccn23)CC1. The lowest BCUT2D eigenvalue weighted by molar-refractivity contribution is -0.137. The van der Waals surface area contributed by atoms with E-state index >= 15 is 0 Å². The summed E-state index contributed by atoms with van der Waals surface area (Å²) in [5.41, 5.74) is 0.881. The zero-order chi connectivity index (χ0) is 17.5. The molecule has 5 rings (SSSR count). The molecule has 1 fully saturated rings. The molecule has 26 heavy (non-hydrogen) atoms. The summed E-state index contributed by atoms with van der Waals surface area (Å²) < 4.78 is 3.94. The maximum Gasteiger partial charge on any atom is 0.227 e. The smallest absolute Gasteiger partial charge is 0.227 e. The average Bonchev–Trinajstić information content (AvgIpc) is 3.34. The number of rotatable bonds is 2. The number of pyridine rings is 1. The molecule has 134 valence electrons. The van der Waals surface area contributed by atoms with Crippen LogP contribution in [0, 0.1) is 5.92 Å². The van der Waals surface area contributed by atoms with Crippen molar-refractivity contribution in [2.24, 2.45) is 5.92 Å². The van der Waals surface area contributed by atoms with E-state index in [0.717, 1.165) is 56.1 Å². The predicted molar refractivity (Wildman–Crippen MR) is 93.4 cm³/mol. The Bertz CT molecular complexity index is 938. The minimum atomic E-state index is 0.0228. The number of nitrogens with zero attached hydrogens (tertiary/aromatic N) is 7. The lowest BCUT2D eigenvalue weighted by Crippen LogP contribution is -2.43. The molecule has 0 bridgehead atoms. The molecule has 8 nitrogen and oxygen atoms in total. The quantitative estimate of drug-likeness (QED) is 0.695. The number of fused-ring (bicyclic) bond motifs is 2. The van der Waals surface area contributed by atoms with Crippen LogP contribution in [0.2, 0.25) is 0 Å². The Morgan fingerprint density at radius 1 is 1.12 bits per heavy atom. The zero-order valence-corrected chi connectivity index (χ0v) is 14.5. The molecule has 5 heterocycles. The van der Waals surface area contributed by atoms with Crippen LogP contribution in [0.15, 0.2) is 30.7 Å². The Morgan fingerprint density at radius 2 is 2.00 bits per heavy atom. The molecule has 0 saturated carbocycles. The highest BCUT2D eigenvalue weighted by atomic mass is 16.2. The Hall–Kier alpha value is -2.77. The Labute approximate surface area is 150 Å². The third-order valence-electron chi connectivity index (χ3n) is 5.67. The molecule has 1 unspecified atom stereocenters. The van der Waals surface area contributed by atoms with Crippen molar-refractivity contribution < 1.29 is 4.79 Å². The fourth-order valence-electron chi connectivity index (χ4n) is 4.19. The van der Waals surface area contributed by atoms with E-state index in [-0.39, 0.29) is 11.8 Å². The predicted octanol–water partition coefficient (Wildman–Crippen LogP) is 1.29. The second kappa shape index (κ2) is 6.19. The van der Waals surface area contributed by atoms with Crippen LogP contribution in [-0.2, 0) is 17.8 Å². The van der Waals surface area contributed by atoms with E-state index in [4.69, 9.17) is 0 Å². The van der Waals surface area contributed by atoms with Gasteiger partial charge in [0.2, 0.25) is 5.91 Å². The molecule has 0 aromatic carbocycles. The molecule has 3 aromatic heterocycles. The van der Waals surface area contributed by atoms with Gasteiger partial charge in [-0.15, -0.1) is 10.2 Å². The van der Waals surface area contributed by atoms with Crippen LogP contribution in [0.3, 0.4) is 0 Å². The first kappa shape index (κ1) is 15.5. The summed E-state index contributed by atoms with van der Waals surface area (Å²) in [5, 5.41) is 12.9. The summed E-state index contributed by atoms with van der Waals surface area (Å²) in [6.45, 7) is 2.22.